The lowest BCUT2D eigenvalue weighted by molar-refractivity contribution is -0.152. The van der Waals surface area contributed by atoms with E-state index in [9.17, 15) is 9.59 Å². The molecule has 0 atom stereocenters. The molecule has 0 amide bonds. The van der Waals surface area contributed by atoms with Crippen LogP contribution in [0.25, 0.3) is 11.0 Å². The predicted molar refractivity (Wildman–Crippen MR) is 69.6 cm³/mol. The Morgan fingerprint density at radius 2 is 2.00 bits per heavy atom. The van der Waals surface area contributed by atoms with Crippen molar-refractivity contribution < 1.29 is 19.1 Å². The van der Waals surface area contributed by atoms with Crippen molar-refractivity contribution in [1.82, 2.24) is 0 Å². The number of carboxylic acid groups (broad SMARTS) is 1. The van der Waals surface area contributed by atoms with Gasteiger partial charge in [0.15, 0.2) is 5.60 Å². The quantitative estimate of drug-likeness (QED) is 0.859. The number of aliphatic carboxylic acids is 1. The maximum atomic E-state index is 11.3. The first-order valence-electron chi connectivity index (χ1n) is 5.76. The van der Waals surface area contributed by atoms with Gasteiger partial charge in [-0.15, -0.1) is 0 Å². The molecule has 0 bridgehead atoms. The Hall–Kier alpha value is -2.30. The molecule has 0 fully saturated rings. The molecule has 5 heteroatoms. The summed E-state index contributed by atoms with van der Waals surface area (Å²) in [5.74, 6) is -0.730. The molecule has 0 radical (unpaired) electrons. The van der Waals surface area contributed by atoms with E-state index in [1.165, 1.54) is 26.0 Å². The summed E-state index contributed by atoms with van der Waals surface area (Å²) in [7, 11) is 0. The van der Waals surface area contributed by atoms with Crippen molar-refractivity contribution in [3.8, 4) is 5.75 Å². The summed E-state index contributed by atoms with van der Waals surface area (Å²) in [5, 5.41) is 9.80. The van der Waals surface area contributed by atoms with Crippen molar-refractivity contribution >= 4 is 16.9 Å². The summed E-state index contributed by atoms with van der Waals surface area (Å²) in [6, 6.07) is 6.32. The van der Waals surface area contributed by atoms with Crippen LogP contribution in [-0.4, -0.2) is 16.7 Å². The van der Waals surface area contributed by atoms with Gasteiger partial charge in [-0.2, -0.15) is 0 Å². The first-order chi connectivity index (χ1) is 8.79. The lowest BCUT2D eigenvalue weighted by Gasteiger charge is -2.21. The van der Waals surface area contributed by atoms with Crippen LogP contribution in [0, 0.1) is 6.92 Å². The second-order valence-corrected chi connectivity index (χ2v) is 4.82. The maximum absolute atomic E-state index is 11.3. The highest BCUT2D eigenvalue weighted by atomic mass is 16.5. The molecule has 0 aliphatic rings. The summed E-state index contributed by atoms with van der Waals surface area (Å²) in [4.78, 5) is 22.3. The van der Waals surface area contributed by atoms with Gasteiger partial charge in [-0.3, -0.25) is 0 Å². The molecule has 1 aromatic heterocycles. The largest absolute Gasteiger partial charge is 0.478 e. The number of benzene rings is 1. The van der Waals surface area contributed by atoms with Gasteiger partial charge >= 0.3 is 11.6 Å². The highest BCUT2D eigenvalue weighted by Gasteiger charge is 2.29. The molecular weight excluding hydrogens is 248 g/mol. The van der Waals surface area contributed by atoms with Crippen molar-refractivity contribution in [3.63, 3.8) is 0 Å². The third kappa shape index (κ3) is 2.59. The van der Waals surface area contributed by atoms with E-state index in [1.54, 1.807) is 19.1 Å². The van der Waals surface area contributed by atoms with Crippen LogP contribution in [0.2, 0.25) is 0 Å². The Bertz CT molecular complexity index is 697. The van der Waals surface area contributed by atoms with Crippen LogP contribution < -0.4 is 10.4 Å². The molecule has 0 aliphatic heterocycles. The molecule has 0 saturated carbocycles. The molecule has 19 heavy (non-hydrogen) atoms. The lowest BCUT2D eigenvalue weighted by atomic mass is 10.1. The minimum absolute atomic E-state index is 0.341. The third-order valence-electron chi connectivity index (χ3n) is 2.81. The fraction of sp³-hybridized carbons (Fsp3) is 0.286. The standard InChI is InChI=1S/C14H14O5/c1-8-6-12(15)18-11-7-9(4-5-10(8)11)19-14(2,3)13(16)17/h4-7H,1-3H3,(H,16,17). The molecule has 0 spiro atoms. The second kappa shape index (κ2) is 4.42. The Labute approximate surface area is 109 Å². The van der Waals surface area contributed by atoms with Crippen LogP contribution >= 0.6 is 0 Å². The molecule has 2 rings (SSSR count). The predicted octanol–water partition coefficient (Wildman–Crippen LogP) is 2.34. The maximum Gasteiger partial charge on any atom is 0.347 e. The number of carbonyl (C=O) groups is 1. The van der Waals surface area contributed by atoms with Gasteiger partial charge in [0.05, 0.1) is 0 Å². The zero-order chi connectivity index (χ0) is 14.2. The van der Waals surface area contributed by atoms with E-state index in [2.05, 4.69) is 0 Å². The van der Waals surface area contributed by atoms with Crippen LogP contribution in [0.5, 0.6) is 5.75 Å². The first kappa shape index (κ1) is 13.1. The molecular formula is C14H14O5. The Morgan fingerprint density at radius 3 is 2.63 bits per heavy atom. The molecule has 1 N–H and O–H groups in total. The lowest BCUT2D eigenvalue weighted by Crippen LogP contribution is -2.37. The van der Waals surface area contributed by atoms with Crippen molar-refractivity contribution in [2.45, 2.75) is 26.4 Å². The number of carboxylic acids is 1. The molecule has 1 heterocycles. The van der Waals surface area contributed by atoms with Crippen molar-refractivity contribution in [2.24, 2.45) is 0 Å². The van der Waals surface area contributed by atoms with Crippen LogP contribution in [-0.2, 0) is 4.79 Å². The smallest absolute Gasteiger partial charge is 0.347 e. The molecule has 0 saturated heterocycles. The van der Waals surface area contributed by atoms with E-state index in [1.807, 2.05) is 0 Å². The van der Waals surface area contributed by atoms with E-state index in [0.29, 0.717) is 11.3 Å². The molecule has 5 nitrogen and oxygen atoms in total. The SMILES string of the molecule is Cc1cc(=O)oc2cc(OC(C)(C)C(=O)O)ccc12. The van der Waals surface area contributed by atoms with E-state index in [-0.39, 0.29) is 0 Å². The van der Waals surface area contributed by atoms with Gasteiger partial charge in [-0.1, -0.05) is 0 Å². The topological polar surface area (TPSA) is 76.7 Å². The number of aryl methyl sites for hydroxylation is 1. The van der Waals surface area contributed by atoms with Crippen LogP contribution in [0.3, 0.4) is 0 Å². The van der Waals surface area contributed by atoms with Gasteiger partial charge < -0.3 is 14.3 Å². The summed E-state index contributed by atoms with van der Waals surface area (Å²) in [6.07, 6.45) is 0. The minimum atomic E-state index is -1.35. The Kier molecular flexibility index (Phi) is 3.06. The van der Waals surface area contributed by atoms with Crippen LogP contribution in [0.15, 0.2) is 33.5 Å². The zero-order valence-electron chi connectivity index (χ0n) is 10.9. The fourth-order valence-corrected chi connectivity index (χ4v) is 1.71. The summed E-state index contributed by atoms with van der Waals surface area (Å²) >= 11 is 0. The van der Waals surface area contributed by atoms with Crippen molar-refractivity contribution in [2.75, 3.05) is 0 Å². The first-order valence-corrected chi connectivity index (χ1v) is 5.76. The molecule has 0 unspecified atom stereocenters. The average Bonchev–Trinajstić information content (AvgIpc) is 2.27. The molecule has 0 aliphatic carbocycles. The van der Waals surface area contributed by atoms with E-state index >= 15 is 0 Å². The summed E-state index contributed by atoms with van der Waals surface area (Å²) < 4.78 is 10.5. The summed E-state index contributed by atoms with van der Waals surface area (Å²) in [6.45, 7) is 4.71. The van der Waals surface area contributed by atoms with E-state index in [0.717, 1.165) is 10.9 Å². The minimum Gasteiger partial charge on any atom is -0.478 e. The highest BCUT2D eigenvalue weighted by molar-refractivity contribution is 5.81. The number of hydrogen-bond acceptors (Lipinski definition) is 4. The van der Waals surface area contributed by atoms with Gasteiger partial charge in [-0.05, 0) is 38.5 Å². The summed E-state index contributed by atoms with van der Waals surface area (Å²) in [5.41, 5.74) is -0.615. The average molecular weight is 262 g/mol. The normalized spacial score (nSPS) is 11.5. The number of fused-ring (bicyclic) bond motifs is 1. The number of hydrogen-bond donors (Lipinski definition) is 1. The highest BCUT2D eigenvalue weighted by Crippen LogP contribution is 2.25. The Balaban J connectivity index is 2.48. The van der Waals surface area contributed by atoms with Gasteiger partial charge in [0.1, 0.15) is 11.3 Å². The molecule has 2 aromatic rings. The van der Waals surface area contributed by atoms with E-state index in [4.69, 9.17) is 14.3 Å². The number of rotatable bonds is 3. The van der Waals surface area contributed by atoms with Crippen molar-refractivity contribution in [3.05, 3.63) is 40.2 Å². The third-order valence-corrected chi connectivity index (χ3v) is 2.81. The van der Waals surface area contributed by atoms with Gasteiger partial charge in [-0.25, -0.2) is 9.59 Å². The second-order valence-electron chi connectivity index (χ2n) is 4.82. The van der Waals surface area contributed by atoms with Gasteiger partial charge in [0, 0.05) is 17.5 Å². The van der Waals surface area contributed by atoms with Crippen LogP contribution in [0.1, 0.15) is 19.4 Å². The van der Waals surface area contributed by atoms with Crippen molar-refractivity contribution in [1.29, 1.82) is 0 Å². The Morgan fingerprint density at radius 1 is 1.32 bits per heavy atom. The van der Waals surface area contributed by atoms with Gasteiger partial charge in [0.25, 0.3) is 0 Å². The number of ether oxygens (including phenoxy) is 1. The van der Waals surface area contributed by atoms with Gasteiger partial charge in [0.2, 0.25) is 0 Å². The fourth-order valence-electron chi connectivity index (χ4n) is 1.71. The molecule has 100 valence electrons. The van der Waals surface area contributed by atoms with Crippen LogP contribution in [0.4, 0.5) is 0 Å². The monoisotopic (exact) mass is 262 g/mol. The molecule has 1 aromatic carbocycles. The zero-order valence-corrected chi connectivity index (χ0v) is 10.9. The van der Waals surface area contributed by atoms with E-state index < -0.39 is 17.2 Å².